The summed E-state index contributed by atoms with van der Waals surface area (Å²) in [7, 11) is 0. The van der Waals surface area contributed by atoms with E-state index in [-0.39, 0.29) is 24.3 Å². The van der Waals surface area contributed by atoms with E-state index in [1.54, 1.807) is 0 Å². The summed E-state index contributed by atoms with van der Waals surface area (Å²) in [6, 6.07) is -0.469. The molecule has 0 spiro atoms. The van der Waals surface area contributed by atoms with Gasteiger partial charge in [0.2, 0.25) is 0 Å². The van der Waals surface area contributed by atoms with E-state index in [0.29, 0.717) is 6.42 Å². The summed E-state index contributed by atoms with van der Waals surface area (Å²) in [6.45, 7) is 3.63. The minimum Gasteiger partial charge on any atom is -0.389 e. The van der Waals surface area contributed by atoms with Crippen molar-refractivity contribution >= 4 is 0 Å². The lowest BCUT2D eigenvalue weighted by Gasteiger charge is -2.36. The Morgan fingerprint density at radius 2 is 1.71 bits per heavy atom. The summed E-state index contributed by atoms with van der Waals surface area (Å²) in [5.74, 6) is -0.669. The molecular weight excluding hydrogens is 184 g/mol. The summed E-state index contributed by atoms with van der Waals surface area (Å²) < 4.78 is 11.2. The zero-order valence-electron chi connectivity index (χ0n) is 8.51. The van der Waals surface area contributed by atoms with Gasteiger partial charge in [-0.05, 0) is 20.3 Å². The molecule has 0 aromatic heterocycles. The lowest BCUT2D eigenvalue weighted by molar-refractivity contribution is -0.154. The SMILES string of the molecule is CC1(C)OC2C(N)CC(N)C(O)C2O1. The molecule has 1 aliphatic heterocycles. The van der Waals surface area contributed by atoms with Crippen LogP contribution in [-0.4, -0.2) is 41.3 Å². The van der Waals surface area contributed by atoms with Crippen LogP contribution in [0.5, 0.6) is 0 Å². The van der Waals surface area contributed by atoms with E-state index < -0.39 is 11.9 Å². The van der Waals surface area contributed by atoms with Crippen LogP contribution in [0.3, 0.4) is 0 Å². The maximum Gasteiger partial charge on any atom is 0.163 e. The molecular formula is C9H18N2O3. The molecule has 0 radical (unpaired) electrons. The number of aliphatic hydroxyl groups excluding tert-OH is 1. The molecule has 5 heteroatoms. The Kier molecular flexibility index (Phi) is 2.32. The molecule has 1 aliphatic carbocycles. The van der Waals surface area contributed by atoms with Gasteiger partial charge in [0.05, 0.1) is 6.10 Å². The fourth-order valence-corrected chi connectivity index (χ4v) is 2.24. The molecule has 2 rings (SSSR count). The van der Waals surface area contributed by atoms with Crippen LogP contribution in [0.4, 0.5) is 0 Å². The summed E-state index contributed by atoms with van der Waals surface area (Å²) in [6.07, 6.45) is -0.730. The third-order valence-electron chi connectivity index (χ3n) is 2.91. The van der Waals surface area contributed by atoms with Crippen LogP contribution in [0.2, 0.25) is 0 Å². The van der Waals surface area contributed by atoms with Crippen molar-refractivity contribution in [2.24, 2.45) is 11.5 Å². The van der Waals surface area contributed by atoms with Crippen LogP contribution in [0, 0.1) is 0 Å². The predicted molar refractivity (Wildman–Crippen MR) is 50.4 cm³/mol. The van der Waals surface area contributed by atoms with Crippen LogP contribution in [0.1, 0.15) is 20.3 Å². The molecule has 0 bridgehead atoms. The Hall–Kier alpha value is -0.200. The molecule has 0 aromatic carbocycles. The van der Waals surface area contributed by atoms with Gasteiger partial charge in [-0.2, -0.15) is 0 Å². The van der Waals surface area contributed by atoms with Crippen LogP contribution >= 0.6 is 0 Å². The zero-order chi connectivity index (χ0) is 10.5. The van der Waals surface area contributed by atoms with Crippen LogP contribution in [0.25, 0.3) is 0 Å². The van der Waals surface area contributed by atoms with E-state index in [1.165, 1.54) is 0 Å². The number of ether oxygens (including phenoxy) is 2. The first kappa shape index (κ1) is 10.3. The molecule has 5 unspecified atom stereocenters. The summed E-state index contributed by atoms with van der Waals surface area (Å²) in [5.41, 5.74) is 11.6. The minimum atomic E-state index is -0.679. The number of aliphatic hydroxyl groups is 1. The third-order valence-corrected chi connectivity index (χ3v) is 2.91. The van der Waals surface area contributed by atoms with Gasteiger partial charge in [0, 0.05) is 12.1 Å². The lowest BCUT2D eigenvalue weighted by Crippen LogP contribution is -2.59. The Labute approximate surface area is 83.3 Å². The van der Waals surface area contributed by atoms with Crippen LogP contribution < -0.4 is 11.5 Å². The van der Waals surface area contributed by atoms with Crippen molar-refractivity contribution in [3.05, 3.63) is 0 Å². The van der Waals surface area contributed by atoms with Crippen molar-refractivity contribution < 1.29 is 14.6 Å². The Balaban J connectivity index is 2.18. The monoisotopic (exact) mass is 202 g/mol. The number of hydrogen-bond acceptors (Lipinski definition) is 5. The van der Waals surface area contributed by atoms with Gasteiger partial charge in [-0.3, -0.25) is 0 Å². The molecule has 0 aromatic rings. The topological polar surface area (TPSA) is 90.7 Å². The van der Waals surface area contributed by atoms with E-state index in [4.69, 9.17) is 20.9 Å². The second-order valence-corrected chi connectivity index (χ2v) is 4.62. The first-order chi connectivity index (χ1) is 6.41. The van der Waals surface area contributed by atoms with Gasteiger partial charge in [-0.1, -0.05) is 0 Å². The molecule has 2 fully saturated rings. The van der Waals surface area contributed by atoms with Crippen molar-refractivity contribution in [3.63, 3.8) is 0 Å². The molecule has 1 saturated carbocycles. The van der Waals surface area contributed by atoms with Crippen molar-refractivity contribution in [3.8, 4) is 0 Å². The number of nitrogens with two attached hydrogens (primary N) is 2. The summed E-state index contributed by atoms with van der Waals surface area (Å²) in [5, 5.41) is 9.81. The average molecular weight is 202 g/mol. The molecule has 5 nitrogen and oxygen atoms in total. The van der Waals surface area contributed by atoms with Crippen molar-refractivity contribution in [2.45, 2.75) is 56.5 Å². The number of fused-ring (bicyclic) bond motifs is 1. The maximum absolute atomic E-state index is 9.81. The van der Waals surface area contributed by atoms with E-state index in [1.807, 2.05) is 13.8 Å². The highest BCUT2D eigenvalue weighted by Gasteiger charge is 2.52. The van der Waals surface area contributed by atoms with E-state index in [0.717, 1.165) is 0 Å². The Morgan fingerprint density at radius 3 is 2.36 bits per heavy atom. The van der Waals surface area contributed by atoms with Crippen molar-refractivity contribution in [1.29, 1.82) is 0 Å². The fraction of sp³-hybridized carbons (Fsp3) is 1.00. The van der Waals surface area contributed by atoms with Gasteiger partial charge in [0.25, 0.3) is 0 Å². The van der Waals surface area contributed by atoms with Crippen molar-refractivity contribution in [1.82, 2.24) is 0 Å². The average Bonchev–Trinajstić information content (AvgIpc) is 2.38. The highest BCUT2D eigenvalue weighted by atomic mass is 16.8. The second kappa shape index (κ2) is 3.15. The molecule has 2 aliphatic rings. The highest BCUT2D eigenvalue weighted by molar-refractivity contribution is 5.01. The van der Waals surface area contributed by atoms with Gasteiger partial charge in [0.1, 0.15) is 12.2 Å². The molecule has 1 heterocycles. The van der Waals surface area contributed by atoms with Gasteiger partial charge < -0.3 is 26.0 Å². The van der Waals surface area contributed by atoms with Gasteiger partial charge in [-0.25, -0.2) is 0 Å². The molecule has 1 saturated heterocycles. The van der Waals surface area contributed by atoms with Gasteiger partial charge in [-0.15, -0.1) is 0 Å². The van der Waals surface area contributed by atoms with E-state index in [9.17, 15) is 5.11 Å². The fourth-order valence-electron chi connectivity index (χ4n) is 2.24. The zero-order valence-corrected chi connectivity index (χ0v) is 8.51. The Morgan fingerprint density at radius 1 is 1.14 bits per heavy atom. The summed E-state index contributed by atoms with van der Waals surface area (Å²) >= 11 is 0. The number of rotatable bonds is 0. The standard InChI is InChI=1S/C9H18N2O3/c1-9(2)13-7-5(11)3-4(10)6(12)8(7)14-9/h4-8,12H,3,10-11H2,1-2H3. The first-order valence-electron chi connectivity index (χ1n) is 4.95. The van der Waals surface area contributed by atoms with Crippen LogP contribution in [0.15, 0.2) is 0 Å². The first-order valence-corrected chi connectivity index (χ1v) is 4.95. The normalized spacial score (nSPS) is 51.6. The molecule has 5 N–H and O–H groups in total. The van der Waals surface area contributed by atoms with Crippen molar-refractivity contribution in [2.75, 3.05) is 0 Å². The molecule has 0 amide bonds. The largest absolute Gasteiger partial charge is 0.389 e. The molecule has 5 atom stereocenters. The molecule has 14 heavy (non-hydrogen) atoms. The summed E-state index contributed by atoms with van der Waals surface area (Å²) in [4.78, 5) is 0. The van der Waals surface area contributed by atoms with Gasteiger partial charge >= 0.3 is 0 Å². The lowest BCUT2D eigenvalue weighted by atomic mass is 9.85. The minimum absolute atomic E-state index is 0.153. The van der Waals surface area contributed by atoms with E-state index in [2.05, 4.69) is 0 Å². The van der Waals surface area contributed by atoms with E-state index >= 15 is 0 Å². The Bertz CT molecular complexity index is 234. The molecule has 82 valence electrons. The second-order valence-electron chi connectivity index (χ2n) is 4.62. The number of hydrogen-bond donors (Lipinski definition) is 3. The van der Waals surface area contributed by atoms with Gasteiger partial charge in [0.15, 0.2) is 5.79 Å². The highest BCUT2D eigenvalue weighted by Crippen LogP contribution is 2.35. The maximum atomic E-state index is 9.81. The van der Waals surface area contributed by atoms with Crippen LogP contribution in [-0.2, 0) is 9.47 Å². The quantitative estimate of drug-likeness (QED) is 0.465. The predicted octanol–water partition coefficient (Wildman–Crippen LogP) is -1.07. The smallest absolute Gasteiger partial charge is 0.163 e. The third kappa shape index (κ3) is 1.55.